The maximum Gasteiger partial charge on any atom is 0.0308 e. The van der Waals surface area contributed by atoms with E-state index in [-0.39, 0.29) is 0 Å². The number of hydrogen-bond donors (Lipinski definition) is 1. The SMILES string of the molecule is CCNC(C=C(C)C)C1(CC)CCCC1. The maximum absolute atomic E-state index is 3.67. The van der Waals surface area contributed by atoms with Crippen molar-refractivity contribution in [3.8, 4) is 0 Å². The topological polar surface area (TPSA) is 12.0 Å². The average Bonchev–Trinajstić information content (AvgIpc) is 2.66. The van der Waals surface area contributed by atoms with Crippen LogP contribution >= 0.6 is 0 Å². The Kier molecular flexibility index (Phi) is 4.85. The summed E-state index contributed by atoms with van der Waals surface area (Å²) in [4.78, 5) is 0. The van der Waals surface area contributed by atoms with Gasteiger partial charge in [-0.3, -0.25) is 0 Å². The van der Waals surface area contributed by atoms with Gasteiger partial charge in [-0.05, 0) is 45.1 Å². The molecule has 0 spiro atoms. The predicted molar refractivity (Wildman–Crippen MR) is 68.1 cm³/mol. The van der Waals surface area contributed by atoms with Crippen LogP contribution in [0.1, 0.15) is 59.8 Å². The van der Waals surface area contributed by atoms with Gasteiger partial charge < -0.3 is 5.32 Å². The molecule has 0 aliphatic heterocycles. The molecule has 0 aromatic carbocycles. The summed E-state index contributed by atoms with van der Waals surface area (Å²) < 4.78 is 0. The summed E-state index contributed by atoms with van der Waals surface area (Å²) in [6, 6.07) is 0.597. The fourth-order valence-electron chi connectivity index (χ4n) is 2.97. The van der Waals surface area contributed by atoms with Gasteiger partial charge in [-0.15, -0.1) is 0 Å². The molecule has 1 N–H and O–H groups in total. The minimum Gasteiger partial charge on any atom is -0.310 e. The molecule has 1 saturated carbocycles. The number of allylic oxidation sites excluding steroid dienone is 1. The van der Waals surface area contributed by atoms with Crippen molar-refractivity contribution in [3.05, 3.63) is 11.6 Å². The Morgan fingerprint density at radius 3 is 2.27 bits per heavy atom. The molecule has 0 heterocycles. The van der Waals surface area contributed by atoms with Gasteiger partial charge in [-0.25, -0.2) is 0 Å². The van der Waals surface area contributed by atoms with Gasteiger partial charge in [-0.2, -0.15) is 0 Å². The maximum atomic E-state index is 3.67. The minimum atomic E-state index is 0.549. The third kappa shape index (κ3) is 3.07. The van der Waals surface area contributed by atoms with E-state index in [2.05, 4.69) is 39.1 Å². The molecule has 1 heteroatoms. The van der Waals surface area contributed by atoms with Gasteiger partial charge >= 0.3 is 0 Å². The van der Waals surface area contributed by atoms with E-state index in [1.54, 1.807) is 0 Å². The van der Waals surface area contributed by atoms with E-state index in [1.807, 2.05) is 0 Å². The van der Waals surface area contributed by atoms with Crippen molar-refractivity contribution in [2.24, 2.45) is 5.41 Å². The summed E-state index contributed by atoms with van der Waals surface area (Å²) in [7, 11) is 0. The molecule has 0 bridgehead atoms. The first kappa shape index (κ1) is 12.8. The monoisotopic (exact) mass is 209 g/mol. The Morgan fingerprint density at radius 1 is 1.27 bits per heavy atom. The van der Waals surface area contributed by atoms with Crippen molar-refractivity contribution >= 4 is 0 Å². The molecule has 0 amide bonds. The van der Waals surface area contributed by atoms with E-state index in [4.69, 9.17) is 0 Å². The molecule has 0 aromatic heterocycles. The Hall–Kier alpha value is -0.300. The third-order valence-electron chi connectivity index (χ3n) is 3.89. The van der Waals surface area contributed by atoms with E-state index < -0.39 is 0 Å². The van der Waals surface area contributed by atoms with Gasteiger partial charge in [-0.1, -0.05) is 38.3 Å². The molecular weight excluding hydrogens is 182 g/mol. The van der Waals surface area contributed by atoms with Crippen LogP contribution in [0.25, 0.3) is 0 Å². The molecule has 1 unspecified atom stereocenters. The summed E-state index contributed by atoms with van der Waals surface area (Å²) in [5, 5.41) is 3.67. The molecule has 15 heavy (non-hydrogen) atoms. The lowest BCUT2D eigenvalue weighted by atomic mass is 9.75. The molecule has 88 valence electrons. The highest BCUT2D eigenvalue weighted by atomic mass is 14.9. The molecule has 0 aromatic rings. The van der Waals surface area contributed by atoms with E-state index in [1.165, 1.54) is 37.7 Å². The molecule has 0 saturated heterocycles. The Balaban J connectivity index is 2.80. The zero-order valence-corrected chi connectivity index (χ0v) is 10.9. The van der Waals surface area contributed by atoms with Crippen molar-refractivity contribution < 1.29 is 0 Å². The van der Waals surface area contributed by atoms with E-state index in [0.717, 1.165) is 6.54 Å². The first-order valence-electron chi connectivity index (χ1n) is 6.53. The summed E-state index contributed by atoms with van der Waals surface area (Å²) in [6.07, 6.45) is 9.42. The summed E-state index contributed by atoms with van der Waals surface area (Å²) in [5.74, 6) is 0. The first-order chi connectivity index (χ1) is 7.14. The lowest BCUT2D eigenvalue weighted by Crippen LogP contribution is -2.42. The van der Waals surface area contributed by atoms with Crippen LogP contribution in [0.4, 0.5) is 0 Å². The second-order valence-corrected chi connectivity index (χ2v) is 5.20. The van der Waals surface area contributed by atoms with E-state index in [0.29, 0.717) is 11.5 Å². The lowest BCUT2D eigenvalue weighted by Gasteiger charge is -2.36. The Labute approximate surface area is 95.3 Å². The zero-order valence-electron chi connectivity index (χ0n) is 10.9. The highest BCUT2D eigenvalue weighted by Gasteiger charge is 2.37. The highest BCUT2D eigenvalue weighted by molar-refractivity contribution is 5.09. The average molecular weight is 209 g/mol. The van der Waals surface area contributed by atoms with Crippen LogP contribution < -0.4 is 5.32 Å². The van der Waals surface area contributed by atoms with Crippen molar-refractivity contribution in [2.45, 2.75) is 65.8 Å². The standard InChI is InChI=1S/C14H27N/c1-5-14(9-7-8-10-14)13(15-6-2)11-12(3)4/h11,13,15H,5-10H2,1-4H3. The highest BCUT2D eigenvalue weighted by Crippen LogP contribution is 2.44. The van der Waals surface area contributed by atoms with Gasteiger partial charge in [0.15, 0.2) is 0 Å². The number of likely N-dealkylation sites (N-methyl/N-ethyl adjacent to an activating group) is 1. The Bertz CT molecular complexity index is 207. The van der Waals surface area contributed by atoms with Crippen molar-refractivity contribution in [1.29, 1.82) is 0 Å². The van der Waals surface area contributed by atoms with Crippen LogP contribution in [0.3, 0.4) is 0 Å². The molecule has 0 radical (unpaired) electrons. The number of hydrogen-bond acceptors (Lipinski definition) is 1. The van der Waals surface area contributed by atoms with Crippen molar-refractivity contribution in [3.63, 3.8) is 0 Å². The molecule has 1 aliphatic carbocycles. The Morgan fingerprint density at radius 2 is 1.87 bits per heavy atom. The predicted octanol–water partition coefficient (Wildman–Crippen LogP) is 3.90. The van der Waals surface area contributed by atoms with Gasteiger partial charge in [0, 0.05) is 6.04 Å². The van der Waals surface area contributed by atoms with Gasteiger partial charge in [0.05, 0.1) is 0 Å². The van der Waals surface area contributed by atoms with Gasteiger partial charge in [0.1, 0.15) is 0 Å². The third-order valence-corrected chi connectivity index (χ3v) is 3.89. The molecule has 1 rings (SSSR count). The number of nitrogens with one attached hydrogen (secondary N) is 1. The fourth-order valence-corrected chi connectivity index (χ4v) is 2.97. The summed E-state index contributed by atoms with van der Waals surface area (Å²) in [6.45, 7) is 10.1. The molecule has 1 aliphatic rings. The normalized spacial score (nSPS) is 21.3. The van der Waals surface area contributed by atoms with Crippen LogP contribution in [0.15, 0.2) is 11.6 Å². The minimum absolute atomic E-state index is 0.549. The van der Waals surface area contributed by atoms with Crippen molar-refractivity contribution in [2.75, 3.05) is 6.54 Å². The fraction of sp³-hybridized carbons (Fsp3) is 0.857. The van der Waals surface area contributed by atoms with Crippen LogP contribution in [0.5, 0.6) is 0 Å². The summed E-state index contributed by atoms with van der Waals surface area (Å²) in [5.41, 5.74) is 1.99. The van der Waals surface area contributed by atoms with Crippen LogP contribution in [-0.2, 0) is 0 Å². The zero-order chi connectivity index (χ0) is 11.3. The molecule has 1 atom stereocenters. The van der Waals surface area contributed by atoms with Gasteiger partial charge in [0.2, 0.25) is 0 Å². The second-order valence-electron chi connectivity index (χ2n) is 5.20. The first-order valence-corrected chi connectivity index (χ1v) is 6.53. The quantitative estimate of drug-likeness (QED) is 0.677. The second kappa shape index (κ2) is 5.69. The largest absolute Gasteiger partial charge is 0.310 e. The van der Waals surface area contributed by atoms with E-state index >= 15 is 0 Å². The molecular formula is C14H27N. The van der Waals surface area contributed by atoms with Crippen LogP contribution in [-0.4, -0.2) is 12.6 Å². The molecule has 1 nitrogen and oxygen atoms in total. The molecule has 1 fully saturated rings. The lowest BCUT2D eigenvalue weighted by molar-refractivity contribution is 0.220. The summed E-state index contributed by atoms with van der Waals surface area (Å²) >= 11 is 0. The van der Waals surface area contributed by atoms with Crippen LogP contribution in [0.2, 0.25) is 0 Å². The number of rotatable bonds is 5. The van der Waals surface area contributed by atoms with Gasteiger partial charge in [0.25, 0.3) is 0 Å². The van der Waals surface area contributed by atoms with Crippen molar-refractivity contribution in [1.82, 2.24) is 5.32 Å². The van der Waals surface area contributed by atoms with Crippen LogP contribution in [0, 0.1) is 5.41 Å². The smallest absolute Gasteiger partial charge is 0.0308 e. The van der Waals surface area contributed by atoms with E-state index in [9.17, 15) is 0 Å².